The van der Waals surface area contributed by atoms with E-state index in [-0.39, 0.29) is 0 Å². The van der Waals surface area contributed by atoms with Crippen molar-refractivity contribution in [1.29, 1.82) is 0 Å². The second-order valence-corrected chi connectivity index (χ2v) is 16.4. The van der Waals surface area contributed by atoms with Crippen LogP contribution in [0.2, 0.25) is 0 Å². The highest BCUT2D eigenvalue weighted by atomic mass is 32.1. The molecule has 2 aliphatic rings. The average molecular weight is 705 g/mol. The van der Waals surface area contributed by atoms with Crippen molar-refractivity contribution in [2.45, 2.75) is 38.0 Å². The number of allylic oxidation sites excluding steroid dienone is 6. The van der Waals surface area contributed by atoms with Crippen LogP contribution in [-0.4, -0.2) is 0 Å². The van der Waals surface area contributed by atoms with Crippen LogP contribution < -0.4 is 0 Å². The molecular formula is C50H40S2. The molecular weight excluding hydrogens is 665 g/mol. The summed E-state index contributed by atoms with van der Waals surface area (Å²) in [6.45, 7) is 2.49. The number of fused-ring (bicyclic) bond motifs is 3. The van der Waals surface area contributed by atoms with E-state index < -0.39 is 0 Å². The summed E-state index contributed by atoms with van der Waals surface area (Å²) < 4.78 is 0. The van der Waals surface area contributed by atoms with Crippen molar-refractivity contribution in [2.75, 3.05) is 0 Å². The van der Waals surface area contributed by atoms with Gasteiger partial charge in [-0.25, -0.2) is 0 Å². The summed E-state index contributed by atoms with van der Waals surface area (Å²) in [5.74, 6) is 8.13. The van der Waals surface area contributed by atoms with Gasteiger partial charge in [-0.05, 0) is 117 Å². The van der Waals surface area contributed by atoms with E-state index >= 15 is 0 Å². The first-order valence-electron chi connectivity index (χ1n) is 18.5. The van der Waals surface area contributed by atoms with Gasteiger partial charge in [0.15, 0.2) is 0 Å². The van der Waals surface area contributed by atoms with E-state index in [9.17, 15) is 0 Å². The fraction of sp³-hybridized carbons (Fsp3) is 0.160. The van der Waals surface area contributed by atoms with Crippen molar-refractivity contribution in [1.82, 2.24) is 0 Å². The van der Waals surface area contributed by atoms with Crippen molar-refractivity contribution < 1.29 is 0 Å². The Morgan fingerprint density at radius 1 is 0.673 bits per heavy atom. The van der Waals surface area contributed by atoms with Gasteiger partial charge in [-0.3, -0.25) is 0 Å². The van der Waals surface area contributed by atoms with Crippen LogP contribution in [-0.2, 0) is 6.42 Å². The van der Waals surface area contributed by atoms with Crippen LogP contribution in [0.3, 0.4) is 0 Å². The number of hydrogen-bond acceptors (Lipinski definition) is 2. The highest BCUT2D eigenvalue weighted by Gasteiger charge is 2.29. The van der Waals surface area contributed by atoms with Crippen LogP contribution >= 0.6 is 22.7 Å². The Bertz CT molecular complexity index is 2530. The maximum atomic E-state index is 3.40. The number of rotatable bonds is 9. The topological polar surface area (TPSA) is 0 Å². The molecule has 0 fully saturated rings. The lowest BCUT2D eigenvalue weighted by Crippen LogP contribution is -2.21. The quantitative estimate of drug-likeness (QED) is 0.104. The summed E-state index contributed by atoms with van der Waals surface area (Å²) in [5, 5.41) is 5.38. The zero-order valence-electron chi connectivity index (χ0n) is 29.3. The lowest BCUT2D eigenvalue weighted by molar-refractivity contribution is 0.355. The van der Waals surface area contributed by atoms with Crippen LogP contribution in [0.1, 0.15) is 52.5 Å². The number of thiophene rings is 2. The molecule has 5 aromatic carbocycles. The molecule has 4 atom stereocenters. The number of benzene rings is 5. The van der Waals surface area contributed by atoms with Gasteiger partial charge in [0.1, 0.15) is 0 Å². The van der Waals surface area contributed by atoms with Crippen molar-refractivity contribution >= 4 is 49.8 Å². The van der Waals surface area contributed by atoms with E-state index in [2.05, 4.69) is 177 Å². The van der Waals surface area contributed by atoms with Crippen LogP contribution in [0.4, 0.5) is 0 Å². The van der Waals surface area contributed by atoms with Gasteiger partial charge in [0.05, 0.1) is 5.92 Å². The molecule has 2 heteroatoms. The van der Waals surface area contributed by atoms with Gasteiger partial charge in [-0.1, -0.05) is 152 Å². The fourth-order valence-electron chi connectivity index (χ4n) is 8.14. The summed E-state index contributed by atoms with van der Waals surface area (Å²) >= 11 is 3.78. The van der Waals surface area contributed by atoms with Gasteiger partial charge < -0.3 is 0 Å². The van der Waals surface area contributed by atoms with E-state index in [0.29, 0.717) is 23.7 Å². The van der Waals surface area contributed by atoms with Crippen molar-refractivity contribution in [3.8, 4) is 32.7 Å². The smallest absolute Gasteiger partial charge is 0.0584 e. The zero-order chi connectivity index (χ0) is 34.9. The third kappa shape index (κ3) is 6.52. The van der Waals surface area contributed by atoms with Crippen LogP contribution in [0.25, 0.3) is 48.0 Å². The molecule has 0 saturated heterocycles. The molecule has 2 heterocycles. The molecule has 0 bridgehead atoms. The van der Waals surface area contributed by atoms with Crippen molar-refractivity contribution in [3.63, 3.8) is 0 Å². The molecule has 2 aromatic heterocycles. The van der Waals surface area contributed by atoms with Gasteiger partial charge >= 0.3 is 0 Å². The van der Waals surface area contributed by atoms with E-state index in [1.165, 1.54) is 68.9 Å². The predicted molar refractivity (Wildman–Crippen MR) is 226 cm³/mol. The second-order valence-electron chi connectivity index (χ2n) is 14.2. The fourth-order valence-corrected chi connectivity index (χ4v) is 10.2. The van der Waals surface area contributed by atoms with Gasteiger partial charge in [0.25, 0.3) is 0 Å². The summed E-state index contributed by atoms with van der Waals surface area (Å²) in [6.07, 6.45) is 14.6. The first-order chi connectivity index (χ1) is 25.7. The molecule has 7 aromatic rings. The first-order valence-corrected chi connectivity index (χ1v) is 20.1. The third-order valence-electron chi connectivity index (χ3n) is 11.1. The van der Waals surface area contributed by atoms with Crippen LogP contribution in [0.15, 0.2) is 164 Å². The van der Waals surface area contributed by atoms with Gasteiger partial charge in [-0.2, -0.15) is 0 Å². The maximum absolute atomic E-state index is 3.40. The van der Waals surface area contributed by atoms with Gasteiger partial charge in [0.2, 0.25) is 0 Å². The van der Waals surface area contributed by atoms with E-state index in [1.54, 1.807) is 0 Å². The Labute approximate surface area is 315 Å². The van der Waals surface area contributed by atoms with Gasteiger partial charge in [0, 0.05) is 19.5 Å². The summed E-state index contributed by atoms with van der Waals surface area (Å²) in [6, 6.07) is 49.6. The standard InChI is InChI=1S/C50H40S2/c1-34(36-24-26-40(27-25-36)50-31-29-48(52-50)38-14-6-3-7-15-38)45(46-33-41-16-8-9-17-42(41)43-18-10-11-19-44(43)46)32-35-20-22-39(23-21-35)49-30-28-47(51-49)37-12-4-2-5-13-37/h2-6,8-13,16-24,26-31,33-34,36,38,45H,14,25,32H2,1H3/t34?,36?,38?,45-/m1/s1. The highest BCUT2D eigenvalue weighted by Crippen LogP contribution is 2.44. The predicted octanol–water partition coefficient (Wildman–Crippen LogP) is 14.1. The van der Waals surface area contributed by atoms with E-state index in [0.717, 1.165) is 19.3 Å². The number of hydrogen-bond donors (Lipinski definition) is 0. The van der Waals surface area contributed by atoms with Crippen molar-refractivity contribution in [3.05, 3.63) is 185 Å². The highest BCUT2D eigenvalue weighted by molar-refractivity contribution is 7.18. The molecule has 0 saturated carbocycles. The van der Waals surface area contributed by atoms with Crippen LogP contribution in [0.5, 0.6) is 0 Å². The van der Waals surface area contributed by atoms with E-state index in [4.69, 9.17) is 0 Å². The molecule has 0 spiro atoms. The van der Waals surface area contributed by atoms with Gasteiger partial charge in [-0.15, -0.1) is 22.7 Å². The minimum Gasteiger partial charge on any atom is -0.139 e. The Balaban J connectivity index is 1.02. The van der Waals surface area contributed by atoms with Crippen molar-refractivity contribution in [2.24, 2.45) is 11.8 Å². The Morgan fingerprint density at radius 2 is 1.38 bits per heavy atom. The summed E-state index contributed by atoms with van der Waals surface area (Å²) in [7, 11) is 0. The normalized spacial score (nSPS) is 17.8. The maximum Gasteiger partial charge on any atom is 0.0584 e. The lowest BCUT2D eigenvalue weighted by atomic mass is 9.72. The van der Waals surface area contributed by atoms with E-state index in [1.807, 2.05) is 28.7 Å². The molecule has 0 radical (unpaired) electrons. The largest absolute Gasteiger partial charge is 0.139 e. The average Bonchev–Trinajstić information content (AvgIpc) is 3.92. The molecule has 52 heavy (non-hydrogen) atoms. The summed E-state index contributed by atoms with van der Waals surface area (Å²) in [4.78, 5) is 5.35. The molecule has 2 aliphatic carbocycles. The second kappa shape index (κ2) is 14.4. The molecule has 3 unspecified atom stereocenters. The third-order valence-corrected chi connectivity index (χ3v) is 13.5. The first kappa shape index (κ1) is 32.7. The monoisotopic (exact) mass is 704 g/mol. The molecule has 0 N–H and O–H groups in total. The SMILES string of the molecule is CC(C1C=CC(c2ccc(C3C#CC=CC3)s2)=CC1)[C@@H](Cc1ccc(-c2ccc(-c3ccccc3)s2)cc1)c1cc2ccccc2c2ccccc12. The minimum atomic E-state index is 0.327. The minimum absolute atomic E-state index is 0.327. The molecule has 0 nitrogen and oxygen atoms in total. The Morgan fingerprint density at radius 3 is 2.13 bits per heavy atom. The summed E-state index contributed by atoms with van der Waals surface area (Å²) in [5.41, 5.74) is 6.77. The molecule has 0 amide bonds. The Hall–Kier alpha value is -5.20. The lowest BCUT2D eigenvalue weighted by Gasteiger charge is -2.32. The van der Waals surface area contributed by atoms with Crippen LogP contribution in [0, 0.1) is 23.7 Å². The molecule has 252 valence electrons. The zero-order valence-corrected chi connectivity index (χ0v) is 31.0. The Kier molecular flexibility index (Phi) is 9.07. The molecule has 9 rings (SSSR count). The molecule has 0 aliphatic heterocycles.